The lowest BCUT2D eigenvalue weighted by molar-refractivity contribution is 0.0718. The Morgan fingerprint density at radius 2 is 1.85 bits per heavy atom. The fraction of sp³-hybridized carbons (Fsp3) is 0.458. The van der Waals surface area contributed by atoms with Crippen molar-refractivity contribution in [1.29, 1.82) is 0 Å². The number of anilines is 1. The Kier molecular flexibility index (Phi) is 6.69. The van der Waals surface area contributed by atoms with Crippen molar-refractivity contribution in [2.24, 2.45) is 0 Å². The molecule has 6 nitrogen and oxygen atoms in total. The van der Waals surface area contributed by atoms with E-state index < -0.39 is 5.82 Å². The van der Waals surface area contributed by atoms with Crippen LogP contribution in [0.4, 0.5) is 10.1 Å². The van der Waals surface area contributed by atoms with E-state index in [1.54, 1.807) is 19.1 Å². The van der Waals surface area contributed by atoms with Crippen molar-refractivity contribution in [3.05, 3.63) is 52.8 Å². The average Bonchev–Trinajstić information content (AvgIpc) is 3.08. The molecule has 2 aromatic carbocycles. The maximum Gasteiger partial charge on any atom is 0.255 e. The zero-order valence-corrected chi connectivity index (χ0v) is 20.2. The standard InChI is InChI=1S/C24H28ClFN4O2S/c1-32-23-7-5-19(33-29-10-8-27-9-11-29)13-22(23)30-17-3-4-18(30)15-28(14-17)24(31)20-6-2-16(26)12-21(20)25/h2,5-7,12-13,17-18,27H,3-4,8-11,14-15H2,1H3. The number of hydrogen-bond donors (Lipinski definition) is 1. The van der Waals surface area contributed by atoms with Crippen LogP contribution in [0.3, 0.4) is 0 Å². The smallest absolute Gasteiger partial charge is 0.255 e. The molecule has 3 saturated heterocycles. The Morgan fingerprint density at radius 3 is 2.52 bits per heavy atom. The fourth-order valence-corrected chi connectivity index (χ4v) is 6.31. The zero-order valence-electron chi connectivity index (χ0n) is 18.6. The summed E-state index contributed by atoms with van der Waals surface area (Å²) in [5, 5.41) is 3.55. The van der Waals surface area contributed by atoms with Gasteiger partial charge >= 0.3 is 0 Å². The monoisotopic (exact) mass is 490 g/mol. The first-order valence-electron chi connectivity index (χ1n) is 11.4. The number of benzene rings is 2. The summed E-state index contributed by atoms with van der Waals surface area (Å²) in [4.78, 5) is 18.7. The van der Waals surface area contributed by atoms with Gasteiger partial charge in [-0.25, -0.2) is 8.70 Å². The molecule has 1 N–H and O–H groups in total. The van der Waals surface area contributed by atoms with Gasteiger partial charge in [0.2, 0.25) is 0 Å². The van der Waals surface area contributed by atoms with Gasteiger partial charge in [-0.05, 0) is 61.2 Å². The highest BCUT2D eigenvalue weighted by Gasteiger charge is 2.42. The molecule has 3 heterocycles. The fourth-order valence-electron chi connectivity index (χ4n) is 5.11. The van der Waals surface area contributed by atoms with Crippen LogP contribution in [-0.4, -0.2) is 73.6 Å². The second-order valence-corrected chi connectivity index (χ2v) is 10.3. The van der Waals surface area contributed by atoms with Gasteiger partial charge in [-0.3, -0.25) is 4.79 Å². The molecule has 1 amide bonds. The van der Waals surface area contributed by atoms with Gasteiger partial charge in [0.15, 0.2) is 0 Å². The highest BCUT2D eigenvalue weighted by atomic mass is 35.5. The molecule has 0 saturated carbocycles. The molecule has 5 rings (SSSR count). The van der Waals surface area contributed by atoms with Gasteiger partial charge in [0.1, 0.15) is 11.6 Å². The zero-order chi connectivity index (χ0) is 22.9. The Labute approximate surface area is 203 Å². The van der Waals surface area contributed by atoms with E-state index in [1.807, 2.05) is 4.90 Å². The van der Waals surface area contributed by atoms with E-state index >= 15 is 0 Å². The van der Waals surface area contributed by atoms with Crippen LogP contribution in [0.25, 0.3) is 0 Å². The Balaban J connectivity index is 1.36. The number of fused-ring (bicyclic) bond motifs is 2. The maximum absolute atomic E-state index is 13.4. The summed E-state index contributed by atoms with van der Waals surface area (Å²) in [5.74, 6) is 0.288. The molecule has 33 heavy (non-hydrogen) atoms. The van der Waals surface area contributed by atoms with Crippen LogP contribution in [0.1, 0.15) is 23.2 Å². The SMILES string of the molecule is COc1ccc(SN2CCNCC2)cc1N1C2CCC1CN(C(=O)c1ccc(F)cc1Cl)C2. The highest BCUT2D eigenvalue weighted by Crippen LogP contribution is 2.42. The minimum atomic E-state index is -0.438. The van der Waals surface area contributed by atoms with Gasteiger partial charge in [-0.15, -0.1) is 0 Å². The molecule has 0 radical (unpaired) electrons. The summed E-state index contributed by atoms with van der Waals surface area (Å²) < 4.78 is 21.6. The summed E-state index contributed by atoms with van der Waals surface area (Å²) in [7, 11) is 1.71. The summed E-state index contributed by atoms with van der Waals surface area (Å²) in [6.07, 6.45) is 2.04. The molecule has 3 fully saturated rings. The first-order chi connectivity index (χ1) is 16.0. The molecule has 3 aliphatic rings. The summed E-state index contributed by atoms with van der Waals surface area (Å²) in [6.45, 7) is 5.28. The van der Waals surface area contributed by atoms with E-state index in [-0.39, 0.29) is 23.0 Å². The maximum atomic E-state index is 13.4. The third kappa shape index (κ3) is 4.67. The van der Waals surface area contributed by atoms with Crippen LogP contribution in [0.5, 0.6) is 5.75 Å². The molecule has 2 bridgehead atoms. The van der Waals surface area contributed by atoms with Crippen molar-refractivity contribution in [2.75, 3.05) is 51.3 Å². The number of carbonyl (C=O) groups excluding carboxylic acids is 1. The minimum absolute atomic E-state index is 0.133. The van der Waals surface area contributed by atoms with E-state index in [0.29, 0.717) is 18.7 Å². The van der Waals surface area contributed by atoms with Crippen molar-refractivity contribution in [3.8, 4) is 5.75 Å². The number of rotatable bonds is 5. The Morgan fingerprint density at radius 1 is 1.12 bits per heavy atom. The van der Waals surface area contributed by atoms with Gasteiger partial charge < -0.3 is 19.9 Å². The van der Waals surface area contributed by atoms with Crippen LogP contribution >= 0.6 is 23.5 Å². The van der Waals surface area contributed by atoms with Crippen LogP contribution in [0.15, 0.2) is 41.3 Å². The van der Waals surface area contributed by atoms with E-state index in [2.05, 4.69) is 32.7 Å². The van der Waals surface area contributed by atoms with Crippen LogP contribution in [0.2, 0.25) is 5.02 Å². The molecular weight excluding hydrogens is 463 g/mol. The largest absolute Gasteiger partial charge is 0.495 e. The number of nitrogens with one attached hydrogen (secondary N) is 1. The van der Waals surface area contributed by atoms with E-state index in [1.165, 1.54) is 23.1 Å². The molecule has 0 spiro atoms. The first-order valence-corrected chi connectivity index (χ1v) is 12.5. The number of nitrogens with zero attached hydrogens (tertiary/aromatic N) is 3. The molecule has 2 unspecified atom stereocenters. The number of methoxy groups -OCH3 is 1. The summed E-state index contributed by atoms with van der Waals surface area (Å²) in [5.41, 5.74) is 1.45. The number of likely N-dealkylation sites (tertiary alicyclic amines) is 1. The molecule has 2 atom stereocenters. The predicted molar refractivity (Wildman–Crippen MR) is 130 cm³/mol. The molecule has 3 aliphatic heterocycles. The van der Waals surface area contributed by atoms with E-state index in [9.17, 15) is 9.18 Å². The van der Waals surface area contributed by atoms with Crippen molar-refractivity contribution in [3.63, 3.8) is 0 Å². The van der Waals surface area contributed by atoms with Crippen molar-refractivity contribution in [2.45, 2.75) is 29.8 Å². The average molecular weight is 491 g/mol. The topological polar surface area (TPSA) is 48.1 Å². The summed E-state index contributed by atoms with van der Waals surface area (Å²) in [6, 6.07) is 10.8. The van der Waals surface area contributed by atoms with Crippen LogP contribution in [0, 0.1) is 5.82 Å². The van der Waals surface area contributed by atoms with E-state index in [0.717, 1.165) is 50.5 Å². The molecular formula is C24H28ClFN4O2S. The lowest BCUT2D eigenvalue weighted by Crippen LogP contribution is -2.55. The van der Waals surface area contributed by atoms with Crippen LogP contribution < -0.4 is 15.0 Å². The number of amides is 1. The Hall–Kier alpha value is -2.00. The normalized spacial score (nSPS) is 23.1. The third-order valence-electron chi connectivity index (χ3n) is 6.67. The molecule has 0 aliphatic carbocycles. The van der Waals surface area contributed by atoms with Gasteiger partial charge in [-0.1, -0.05) is 11.6 Å². The van der Waals surface area contributed by atoms with E-state index in [4.69, 9.17) is 16.3 Å². The molecule has 176 valence electrons. The summed E-state index contributed by atoms with van der Waals surface area (Å²) >= 11 is 7.96. The van der Waals surface area contributed by atoms with Crippen molar-refractivity contribution >= 4 is 35.1 Å². The number of piperazine rings is 2. The van der Waals surface area contributed by atoms with Gasteiger partial charge in [0.25, 0.3) is 5.91 Å². The minimum Gasteiger partial charge on any atom is -0.495 e. The number of hydrogen-bond acceptors (Lipinski definition) is 6. The Bertz CT molecular complexity index is 1020. The first kappa shape index (κ1) is 22.8. The van der Waals surface area contributed by atoms with Gasteiger partial charge in [0.05, 0.1) is 23.4 Å². The lowest BCUT2D eigenvalue weighted by Gasteiger charge is -2.43. The second kappa shape index (κ2) is 9.70. The number of halogens is 2. The quantitative estimate of drug-likeness (QED) is 0.642. The van der Waals surface area contributed by atoms with Crippen molar-refractivity contribution < 1.29 is 13.9 Å². The predicted octanol–water partition coefficient (Wildman–Crippen LogP) is 3.89. The molecule has 0 aromatic heterocycles. The van der Waals surface area contributed by atoms with Gasteiger partial charge in [-0.2, -0.15) is 0 Å². The molecule has 9 heteroatoms. The number of carbonyl (C=O) groups is 1. The highest BCUT2D eigenvalue weighted by molar-refractivity contribution is 7.97. The van der Waals surface area contributed by atoms with Crippen molar-refractivity contribution in [1.82, 2.24) is 14.5 Å². The molecule has 2 aromatic rings. The number of ether oxygens (including phenoxy) is 1. The van der Waals surface area contributed by atoms with Crippen LogP contribution in [-0.2, 0) is 0 Å². The second-order valence-electron chi connectivity index (χ2n) is 8.73. The lowest BCUT2D eigenvalue weighted by atomic mass is 10.1. The van der Waals surface area contributed by atoms with Gasteiger partial charge in [0, 0.05) is 56.2 Å². The third-order valence-corrected chi connectivity index (χ3v) is 8.07.